The highest BCUT2D eigenvalue weighted by molar-refractivity contribution is 5.92. The van der Waals surface area contributed by atoms with Gasteiger partial charge in [0, 0.05) is 44.3 Å². The second-order valence-electron chi connectivity index (χ2n) is 7.57. The fourth-order valence-corrected chi connectivity index (χ4v) is 4.35. The third kappa shape index (κ3) is 4.34. The van der Waals surface area contributed by atoms with E-state index in [0.717, 1.165) is 43.9 Å². The Morgan fingerprint density at radius 3 is 3.07 bits per heavy atom. The summed E-state index contributed by atoms with van der Waals surface area (Å²) in [7, 11) is 1.69. The fourth-order valence-electron chi connectivity index (χ4n) is 4.35. The van der Waals surface area contributed by atoms with Crippen LogP contribution in [0.25, 0.3) is 0 Å². The van der Waals surface area contributed by atoms with E-state index in [1.807, 2.05) is 24.3 Å². The van der Waals surface area contributed by atoms with Crippen molar-refractivity contribution < 1.29 is 14.3 Å². The normalized spacial score (nSPS) is 25.0. The minimum Gasteiger partial charge on any atom is -0.497 e. The maximum atomic E-state index is 12.9. The van der Waals surface area contributed by atoms with Gasteiger partial charge in [-0.05, 0) is 42.7 Å². The molecule has 6 nitrogen and oxygen atoms in total. The number of aromatic nitrogens is 1. The van der Waals surface area contributed by atoms with Crippen LogP contribution in [0, 0.1) is 11.8 Å². The number of methoxy groups -OCH3 is 1. The Kier molecular flexibility index (Phi) is 5.88. The Morgan fingerprint density at radius 1 is 1.32 bits per heavy atom. The average Bonchev–Trinajstić information content (AvgIpc) is 2.74. The maximum Gasteiger partial charge on any atom is 0.228 e. The van der Waals surface area contributed by atoms with E-state index in [1.165, 1.54) is 5.56 Å². The van der Waals surface area contributed by atoms with Gasteiger partial charge in [-0.3, -0.25) is 14.7 Å². The van der Waals surface area contributed by atoms with Gasteiger partial charge >= 0.3 is 0 Å². The Bertz CT molecular complexity index is 799. The number of carbonyl (C=O) groups is 1. The second kappa shape index (κ2) is 8.71. The topological polar surface area (TPSA) is 63.7 Å². The van der Waals surface area contributed by atoms with Crippen molar-refractivity contribution in [3.8, 4) is 5.75 Å². The molecule has 0 radical (unpaired) electrons. The lowest BCUT2D eigenvalue weighted by Gasteiger charge is -2.44. The summed E-state index contributed by atoms with van der Waals surface area (Å²) in [5.41, 5.74) is 1.98. The molecular formula is C22H27N3O3. The zero-order valence-corrected chi connectivity index (χ0v) is 16.2. The first kappa shape index (κ1) is 18.9. The lowest BCUT2D eigenvalue weighted by atomic mass is 9.79. The van der Waals surface area contributed by atoms with Crippen LogP contribution in [-0.4, -0.2) is 48.7 Å². The standard InChI is InChI=1S/C22H27N3O3/c1-27-18-6-2-4-16(12-18)14-25-10-7-21-20(15-25)19(8-11-28-21)22(26)24-17-5-3-9-23-13-17/h2-6,9,12-13,19-21H,7-8,10-11,14-15H2,1H3,(H,24,26)/t19-,20+,21-/m1/s1. The molecule has 6 heteroatoms. The van der Waals surface area contributed by atoms with Crippen molar-refractivity contribution in [1.29, 1.82) is 0 Å². The molecule has 28 heavy (non-hydrogen) atoms. The van der Waals surface area contributed by atoms with Gasteiger partial charge in [0.2, 0.25) is 5.91 Å². The molecule has 0 aliphatic carbocycles. The summed E-state index contributed by atoms with van der Waals surface area (Å²) in [5.74, 6) is 1.13. The number of ether oxygens (including phenoxy) is 2. The SMILES string of the molecule is COc1cccc(CN2CC[C@H]3OCC[C@@H](C(=O)Nc4cccnc4)[C@@H]3C2)c1. The number of benzene rings is 1. The molecule has 2 aliphatic heterocycles. The molecule has 0 saturated carbocycles. The highest BCUT2D eigenvalue weighted by Gasteiger charge is 2.41. The number of pyridine rings is 1. The molecule has 4 rings (SSSR count). The number of nitrogens with one attached hydrogen (secondary N) is 1. The van der Waals surface area contributed by atoms with E-state index in [1.54, 1.807) is 19.5 Å². The summed E-state index contributed by atoms with van der Waals surface area (Å²) >= 11 is 0. The molecule has 2 fully saturated rings. The van der Waals surface area contributed by atoms with Crippen molar-refractivity contribution in [2.24, 2.45) is 11.8 Å². The van der Waals surface area contributed by atoms with Crippen molar-refractivity contribution >= 4 is 11.6 Å². The first-order valence-corrected chi connectivity index (χ1v) is 9.90. The van der Waals surface area contributed by atoms with Crippen molar-refractivity contribution in [3.05, 3.63) is 54.4 Å². The molecule has 1 amide bonds. The molecule has 2 saturated heterocycles. The van der Waals surface area contributed by atoms with Gasteiger partial charge in [-0.1, -0.05) is 12.1 Å². The number of hydrogen-bond acceptors (Lipinski definition) is 5. The van der Waals surface area contributed by atoms with Gasteiger partial charge in [0.1, 0.15) is 5.75 Å². The first-order valence-electron chi connectivity index (χ1n) is 9.90. The van der Waals surface area contributed by atoms with Crippen LogP contribution in [0.2, 0.25) is 0 Å². The Balaban J connectivity index is 1.43. The molecule has 1 aromatic carbocycles. The molecule has 148 valence electrons. The lowest BCUT2D eigenvalue weighted by Crippen LogP contribution is -2.52. The zero-order chi connectivity index (χ0) is 19.3. The highest BCUT2D eigenvalue weighted by Crippen LogP contribution is 2.34. The van der Waals surface area contributed by atoms with Crippen molar-refractivity contribution in [3.63, 3.8) is 0 Å². The molecule has 0 spiro atoms. The number of rotatable bonds is 5. The predicted molar refractivity (Wildman–Crippen MR) is 107 cm³/mol. The van der Waals surface area contributed by atoms with Crippen molar-refractivity contribution in [2.45, 2.75) is 25.5 Å². The smallest absolute Gasteiger partial charge is 0.228 e. The van der Waals surface area contributed by atoms with Crippen LogP contribution >= 0.6 is 0 Å². The number of fused-ring (bicyclic) bond motifs is 1. The van der Waals surface area contributed by atoms with E-state index in [9.17, 15) is 4.79 Å². The van der Waals surface area contributed by atoms with Crippen LogP contribution in [0.4, 0.5) is 5.69 Å². The average molecular weight is 381 g/mol. The highest BCUT2D eigenvalue weighted by atomic mass is 16.5. The minimum atomic E-state index is -0.0351. The summed E-state index contributed by atoms with van der Waals surface area (Å²) in [4.78, 5) is 19.4. The Hall–Kier alpha value is -2.44. The van der Waals surface area contributed by atoms with Gasteiger partial charge in [0.25, 0.3) is 0 Å². The van der Waals surface area contributed by atoms with E-state index in [0.29, 0.717) is 6.61 Å². The molecule has 0 bridgehead atoms. The molecule has 2 aliphatic rings. The molecule has 3 atom stereocenters. The zero-order valence-electron chi connectivity index (χ0n) is 16.2. The maximum absolute atomic E-state index is 12.9. The molecule has 1 aromatic heterocycles. The Labute approximate surface area is 165 Å². The molecule has 0 unspecified atom stereocenters. The number of likely N-dealkylation sites (tertiary alicyclic amines) is 1. The van der Waals surface area contributed by atoms with E-state index in [2.05, 4.69) is 27.3 Å². The van der Waals surface area contributed by atoms with Crippen LogP contribution in [0.5, 0.6) is 5.75 Å². The number of carbonyl (C=O) groups excluding carboxylic acids is 1. The van der Waals surface area contributed by atoms with Gasteiger partial charge in [0.05, 0.1) is 25.1 Å². The first-order chi connectivity index (χ1) is 13.7. The number of anilines is 1. The fraction of sp³-hybridized carbons (Fsp3) is 0.455. The van der Waals surface area contributed by atoms with Crippen LogP contribution in [0.15, 0.2) is 48.8 Å². The van der Waals surface area contributed by atoms with Crippen molar-refractivity contribution in [2.75, 3.05) is 32.1 Å². The van der Waals surface area contributed by atoms with E-state index in [4.69, 9.17) is 9.47 Å². The quantitative estimate of drug-likeness (QED) is 0.863. The number of amides is 1. The third-order valence-corrected chi connectivity index (χ3v) is 5.76. The number of nitrogens with zero attached hydrogens (tertiary/aromatic N) is 2. The number of piperidine rings is 1. The molecular weight excluding hydrogens is 354 g/mol. The van der Waals surface area contributed by atoms with Crippen LogP contribution in [0.3, 0.4) is 0 Å². The summed E-state index contributed by atoms with van der Waals surface area (Å²) in [6.45, 7) is 3.36. The van der Waals surface area contributed by atoms with Gasteiger partial charge in [0.15, 0.2) is 0 Å². The van der Waals surface area contributed by atoms with E-state index in [-0.39, 0.29) is 23.8 Å². The minimum absolute atomic E-state index is 0.0351. The lowest BCUT2D eigenvalue weighted by molar-refractivity contribution is -0.137. The van der Waals surface area contributed by atoms with Gasteiger partial charge in [-0.2, -0.15) is 0 Å². The summed E-state index contributed by atoms with van der Waals surface area (Å²) in [6.07, 6.45) is 5.29. The monoisotopic (exact) mass is 381 g/mol. The van der Waals surface area contributed by atoms with Crippen LogP contribution in [-0.2, 0) is 16.1 Å². The van der Waals surface area contributed by atoms with Crippen LogP contribution in [0.1, 0.15) is 18.4 Å². The molecule has 3 heterocycles. The summed E-state index contributed by atoms with van der Waals surface area (Å²) in [5, 5.41) is 3.03. The van der Waals surface area contributed by atoms with Gasteiger partial charge in [-0.25, -0.2) is 0 Å². The Morgan fingerprint density at radius 2 is 2.25 bits per heavy atom. The summed E-state index contributed by atoms with van der Waals surface area (Å²) in [6, 6.07) is 11.9. The molecule has 2 aromatic rings. The predicted octanol–water partition coefficient (Wildman–Crippen LogP) is 2.96. The van der Waals surface area contributed by atoms with Gasteiger partial charge < -0.3 is 14.8 Å². The second-order valence-corrected chi connectivity index (χ2v) is 7.57. The van der Waals surface area contributed by atoms with E-state index >= 15 is 0 Å². The molecule has 1 N–H and O–H groups in total. The van der Waals surface area contributed by atoms with Crippen LogP contribution < -0.4 is 10.1 Å². The largest absolute Gasteiger partial charge is 0.497 e. The number of hydrogen-bond donors (Lipinski definition) is 1. The van der Waals surface area contributed by atoms with Gasteiger partial charge in [-0.15, -0.1) is 0 Å². The van der Waals surface area contributed by atoms with E-state index < -0.39 is 0 Å². The van der Waals surface area contributed by atoms with Crippen molar-refractivity contribution in [1.82, 2.24) is 9.88 Å². The summed E-state index contributed by atoms with van der Waals surface area (Å²) < 4.78 is 11.3. The third-order valence-electron chi connectivity index (χ3n) is 5.76.